The number of aryl methyl sites for hydroxylation is 1. The summed E-state index contributed by atoms with van der Waals surface area (Å²) in [4.78, 5) is 12.0. The van der Waals surface area contributed by atoms with Crippen LogP contribution < -0.4 is 11.1 Å². The van der Waals surface area contributed by atoms with Crippen LogP contribution in [0.25, 0.3) is 0 Å². The van der Waals surface area contributed by atoms with Crippen LogP contribution in [0.15, 0.2) is 11.4 Å². The van der Waals surface area contributed by atoms with E-state index in [1.54, 1.807) is 13.8 Å². The lowest BCUT2D eigenvalue weighted by Gasteiger charge is -2.27. The summed E-state index contributed by atoms with van der Waals surface area (Å²) >= 11 is 0. The smallest absolute Gasteiger partial charge is 0.255 e. The van der Waals surface area contributed by atoms with Gasteiger partial charge in [0, 0.05) is 5.69 Å². The predicted molar refractivity (Wildman–Crippen MR) is 62.9 cm³/mol. The second kappa shape index (κ2) is 4.86. The van der Waals surface area contributed by atoms with Gasteiger partial charge in [0.15, 0.2) is 5.84 Å². The van der Waals surface area contributed by atoms with Crippen molar-refractivity contribution in [3.8, 4) is 0 Å². The first-order valence-corrected chi connectivity index (χ1v) is 5.25. The minimum absolute atomic E-state index is 0.0329. The highest BCUT2D eigenvalue weighted by atomic mass is 16.4. The number of nitrogens with two attached hydrogens (primary N) is 1. The molecule has 0 aliphatic carbocycles. The summed E-state index contributed by atoms with van der Waals surface area (Å²) in [5.41, 5.74) is 5.79. The topological polar surface area (TPSA) is 116 Å². The van der Waals surface area contributed by atoms with Crippen LogP contribution in [0.1, 0.15) is 36.3 Å². The number of oxime groups is 1. The van der Waals surface area contributed by atoms with Crippen molar-refractivity contribution >= 4 is 11.7 Å². The van der Waals surface area contributed by atoms with Crippen molar-refractivity contribution in [1.29, 1.82) is 0 Å². The maximum atomic E-state index is 12.0. The van der Waals surface area contributed by atoms with E-state index in [1.807, 2.05) is 6.92 Å². The number of aromatic amines is 1. The van der Waals surface area contributed by atoms with Gasteiger partial charge in [-0.3, -0.25) is 9.89 Å². The maximum absolute atomic E-state index is 12.0. The number of nitrogens with one attached hydrogen (secondary N) is 2. The van der Waals surface area contributed by atoms with Crippen LogP contribution in [-0.4, -0.2) is 32.7 Å². The molecule has 94 valence electrons. The van der Waals surface area contributed by atoms with Gasteiger partial charge in [-0.2, -0.15) is 5.10 Å². The number of aromatic nitrogens is 2. The van der Waals surface area contributed by atoms with Crippen molar-refractivity contribution in [3.05, 3.63) is 17.5 Å². The molecule has 0 radical (unpaired) electrons. The highest BCUT2D eigenvalue weighted by Gasteiger charge is 2.30. The van der Waals surface area contributed by atoms with Crippen molar-refractivity contribution in [2.45, 2.75) is 32.7 Å². The zero-order valence-electron chi connectivity index (χ0n) is 10.1. The average molecular weight is 239 g/mol. The largest absolute Gasteiger partial charge is 0.409 e. The summed E-state index contributed by atoms with van der Waals surface area (Å²) in [6.45, 7) is 5.27. The fourth-order valence-electron chi connectivity index (χ4n) is 1.34. The molecule has 1 atom stereocenters. The van der Waals surface area contributed by atoms with E-state index in [2.05, 4.69) is 20.7 Å². The van der Waals surface area contributed by atoms with E-state index >= 15 is 0 Å². The molecule has 1 heterocycles. The van der Waals surface area contributed by atoms with Crippen LogP contribution in [0.4, 0.5) is 0 Å². The highest BCUT2D eigenvalue weighted by Crippen LogP contribution is 2.12. The summed E-state index contributed by atoms with van der Waals surface area (Å²) in [6, 6.07) is 0. The van der Waals surface area contributed by atoms with Crippen LogP contribution in [0.3, 0.4) is 0 Å². The standard InChI is InChI=1S/C10H17N5O2/c1-4-10(3,9(11)15-17)13-8(16)7-5-12-14-6(7)2/h5,17H,4H2,1-3H3,(H2,11,15)(H,12,14)(H,13,16). The number of nitrogens with zero attached hydrogens (tertiary/aromatic N) is 2. The third-order valence-electron chi connectivity index (χ3n) is 2.84. The maximum Gasteiger partial charge on any atom is 0.255 e. The van der Waals surface area contributed by atoms with E-state index in [4.69, 9.17) is 10.9 Å². The molecule has 1 amide bonds. The van der Waals surface area contributed by atoms with Crippen LogP contribution in [0.5, 0.6) is 0 Å². The second-order valence-corrected chi connectivity index (χ2v) is 4.03. The average Bonchev–Trinajstić information content (AvgIpc) is 2.74. The molecule has 1 rings (SSSR count). The fraction of sp³-hybridized carbons (Fsp3) is 0.500. The molecule has 1 aromatic rings. The minimum Gasteiger partial charge on any atom is -0.409 e. The number of carbonyl (C=O) groups is 1. The van der Waals surface area contributed by atoms with Gasteiger partial charge in [-0.05, 0) is 20.3 Å². The van der Waals surface area contributed by atoms with Crippen molar-refractivity contribution in [3.63, 3.8) is 0 Å². The molecular weight excluding hydrogens is 222 g/mol. The Labute approximate surface area is 99.1 Å². The Morgan fingerprint density at radius 3 is 2.82 bits per heavy atom. The van der Waals surface area contributed by atoms with E-state index < -0.39 is 5.54 Å². The van der Waals surface area contributed by atoms with Crippen LogP contribution in [0.2, 0.25) is 0 Å². The fourth-order valence-corrected chi connectivity index (χ4v) is 1.34. The molecule has 0 saturated heterocycles. The van der Waals surface area contributed by atoms with Crippen molar-refractivity contribution in [1.82, 2.24) is 15.5 Å². The molecule has 1 unspecified atom stereocenters. The summed E-state index contributed by atoms with van der Waals surface area (Å²) in [6.07, 6.45) is 1.94. The Balaban J connectivity index is 2.91. The van der Waals surface area contributed by atoms with E-state index in [-0.39, 0.29) is 11.7 Å². The minimum atomic E-state index is -0.879. The number of rotatable bonds is 4. The first-order valence-electron chi connectivity index (χ1n) is 5.25. The molecule has 0 bridgehead atoms. The molecule has 7 heteroatoms. The van der Waals surface area contributed by atoms with Gasteiger partial charge in [-0.1, -0.05) is 12.1 Å². The van der Waals surface area contributed by atoms with E-state index in [0.717, 1.165) is 0 Å². The lowest BCUT2D eigenvalue weighted by molar-refractivity contribution is 0.0924. The molecule has 0 aliphatic rings. The van der Waals surface area contributed by atoms with E-state index in [0.29, 0.717) is 17.7 Å². The number of hydrogen-bond acceptors (Lipinski definition) is 4. The molecule has 7 nitrogen and oxygen atoms in total. The molecule has 5 N–H and O–H groups in total. The van der Waals surface area contributed by atoms with E-state index in [9.17, 15) is 4.79 Å². The van der Waals surface area contributed by atoms with Gasteiger partial charge < -0.3 is 16.3 Å². The quantitative estimate of drug-likeness (QED) is 0.263. The van der Waals surface area contributed by atoms with Gasteiger partial charge >= 0.3 is 0 Å². The van der Waals surface area contributed by atoms with Crippen LogP contribution in [0, 0.1) is 6.92 Å². The SMILES string of the molecule is CCC(C)(NC(=O)c1cn[nH]c1C)C(N)=NO. The third kappa shape index (κ3) is 2.55. The number of amidine groups is 1. The first-order chi connectivity index (χ1) is 7.94. The Kier molecular flexibility index (Phi) is 3.72. The molecule has 17 heavy (non-hydrogen) atoms. The first kappa shape index (κ1) is 13.0. The van der Waals surface area contributed by atoms with E-state index in [1.165, 1.54) is 6.20 Å². The monoisotopic (exact) mass is 239 g/mol. The van der Waals surface area contributed by atoms with Crippen molar-refractivity contribution in [2.24, 2.45) is 10.9 Å². The van der Waals surface area contributed by atoms with Gasteiger partial charge in [0.25, 0.3) is 5.91 Å². The van der Waals surface area contributed by atoms with Gasteiger partial charge in [-0.25, -0.2) is 0 Å². The lowest BCUT2D eigenvalue weighted by atomic mass is 9.97. The summed E-state index contributed by atoms with van der Waals surface area (Å²) < 4.78 is 0. The molecule has 0 aromatic carbocycles. The number of hydrogen-bond donors (Lipinski definition) is 4. The zero-order valence-corrected chi connectivity index (χ0v) is 10.1. The van der Waals surface area contributed by atoms with Crippen molar-refractivity contribution < 1.29 is 10.0 Å². The normalized spacial score (nSPS) is 15.4. The molecular formula is C10H17N5O2. The van der Waals surface area contributed by atoms with Crippen LogP contribution in [-0.2, 0) is 0 Å². The zero-order chi connectivity index (χ0) is 13.1. The van der Waals surface area contributed by atoms with Crippen molar-refractivity contribution in [2.75, 3.05) is 0 Å². The van der Waals surface area contributed by atoms with Gasteiger partial charge in [0.2, 0.25) is 0 Å². The number of H-pyrrole nitrogens is 1. The Morgan fingerprint density at radius 1 is 1.76 bits per heavy atom. The Bertz CT molecular complexity index is 440. The molecule has 0 fully saturated rings. The molecule has 0 spiro atoms. The molecule has 1 aromatic heterocycles. The highest BCUT2D eigenvalue weighted by molar-refractivity contribution is 6.00. The second-order valence-electron chi connectivity index (χ2n) is 4.03. The third-order valence-corrected chi connectivity index (χ3v) is 2.84. The van der Waals surface area contributed by atoms with Crippen LogP contribution >= 0.6 is 0 Å². The Hall–Kier alpha value is -2.05. The van der Waals surface area contributed by atoms with Gasteiger partial charge in [0.05, 0.1) is 17.3 Å². The summed E-state index contributed by atoms with van der Waals surface area (Å²) in [5, 5.41) is 20.8. The lowest BCUT2D eigenvalue weighted by Crippen LogP contribution is -2.55. The van der Waals surface area contributed by atoms with Gasteiger partial charge in [0.1, 0.15) is 0 Å². The Morgan fingerprint density at radius 2 is 2.41 bits per heavy atom. The number of carbonyl (C=O) groups excluding carboxylic acids is 1. The summed E-state index contributed by atoms with van der Waals surface area (Å²) in [7, 11) is 0. The number of amides is 1. The molecule has 0 aliphatic heterocycles. The summed E-state index contributed by atoms with van der Waals surface area (Å²) in [5.74, 6) is -0.346. The van der Waals surface area contributed by atoms with Gasteiger partial charge in [-0.15, -0.1) is 0 Å². The predicted octanol–water partition coefficient (Wildman–Crippen LogP) is 0.363. The molecule has 0 saturated carbocycles.